The molecule has 1 fully saturated rings. The number of nitrogens with zero attached hydrogens (tertiary/aromatic N) is 3. The number of thiazole rings is 1. The molecule has 1 aliphatic carbocycles. The van der Waals surface area contributed by atoms with Crippen molar-refractivity contribution in [3.05, 3.63) is 42.1 Å². The number of aromatic nitrogens is 3. The summed E-state index contributed by atoms with van der Waals surface area (Å²) in [4.78, 5) is 16.4. The highest BCUT2D eigenvalue weighted by atomic mass is 32.1. The number of carbonyl (C=O) groups is 1. The second-order valence-corrected chi connectivity index (χ2v) is 7.43. The van der Waals surface area contributed by atoms with Gasteiger partial charge in [-0.2, -0.15) is 10.4 Å². The van der Waals surface area contributed by atoms with Crippen LogP contribution in [0, 0.1) is 17.2 Å². The van der Waals surface area contributed by atoms with Gasteiger partial charge in [0.1, 0.15) is 0 Å². The van der Waals surface area contributed by atoms with Crippen molar-refractivity contribution in [3.63, 3.8) is 0 Å². The summed E-state index contributed by atoms with van der Waals surface area (Å²) in [5.74, 6) is 0.202. The van der Waals surface area contributed by atoms with E-state index in [2.05, 4.69) is 26.6 Å². The third-order valence-corrected chi connectivity index (χ3v) is 5.53. The Balaban J connectivity index is 1.61. The molecule has 0 unspecified atom stereocenters. The highest BCUT2D eigenvalue weighted by Crippen LogP contribution is 2.36. The molecule has 0 aliphatic heterocycles. The molecule has 2 aromatic heterocycles. The smallest absolute Gasteiger partial charge is 0.229 e. The summed E-state index contributed by atoms with van der Waals surface area (Å²) in [6.07, 6.45) is 3.67. The largest absolute Gasteiger partial charge is 0.302 e. The number of hydrogen-bond donors (Lipinski definition) is 2. The predicted octanol–water partition coefficient (Wildman–Crippen LogP) is 4.06. The predicted molar refractivity (Wildman–Crippen MR) is 101 cm³/mol. The lowest BCUT2D eigenvalue weighted by Gasteiger charge is -2.06. The number of nitriles is 1. The second kappa shape index (κ2) is 5.64. The Morgan fingerprint density at radius 2 is 2.19 bits per heavy atom. The maximum Gasteiger partial charge on any atom is 0.229 e. The quantitative estimate of drug-likeness (QED) is 0.577. The molecule has 2 N–H and O–H groups in total. The van der Waals surface area contributed by atoms with Crippen LogP contribution in [0.5, 0.6) is 0 Å². The summed E-state index contributed by atoms with van der Waals surface area (Å²) in [5.41, 5.74) is 4.12. The third kappa shape index (κ3) is 2.43. The first-order chi connectivity index (χ1) is 12.7. The number of amides is 1. The van der Waals surface area contributed by atoms with Gasteiger partial charge < -0.3 is 5.32 Å². The molecule has 1 saturated carbocycles. The molecular formula is C19H13N5OS. The first-order valence-corrected chi connectivity index (χ1v) is 9.12. The summed E-state index contributed by atoms with van der Waals surface area (Å²) in [5, 5.41) is 21.0. The monoisotopic (exact) mass is 359 g/mol. The van der Waals surface area contributed by atoms with Crippen molar-refractivity contribution in [2.24, 2.45) is 5.92 Å². The summed E-state index contributed by atoms with van der Waals surface area (Å²) < 4.78 is 0.970. The van der Waals surface area contributed by atoms with Crippen molar-refractivity contribution in [2.75, 3.05) is 5.32 Å². The molecule has 6 nitrogen and oxygen atoms in total. The van der Waals surface area contributed by atoms with Crippen molar-refractivity contribution in [1.29, 1.82) is 5.26 Å². The van der Waals surface area contributed by atoms with Crippen LogP contribution in [-0.2, 0) is 4.79 Å². The van der Waals surface area contributed by atoms with E-state index in [4.69, 9.17) is 0 Å². The van der Waals surface area contributed by atoms with Crippen molar-refractivity contribution in [2.45, 2.75) is 12.8 Å². The lowest BCUT2D eigenvalue weighted by molar-refractivity contribution is -0.117. The van der Waals surface area contributed by atoms with Crippen LogP contribution in [0.4, 0.5) is 5.13 Å². The van der Waals surface area contributed by atoms with Crippen molar-refractivity contribution in [3.8, 4) is 17.2 Å². The van der Waals surface area contributed by atoms with Crippen LogP contribution >= 0.6 is 11.3 Å². The molecule has 0 bridgehead atoms. The molecule has 1 aliphatic rings. The van der Waals surface area contributed by atoms with E-state index >= 15 is 0 Å². The Hall–Kier alpha value is -3.24. The van der Waals surface area contributed by atoms with E-state index in [1.54, 1.807) is 12.3 Å². The van der Waals surface area contributed by atoms with Crippen LogP contribution in [0.1, 0.15) is 18.4 Å². The van der Waals surface area contributed by atoms with Gasteiger partial charge in [0.2, 0.25) is 5.91 Å². The Morgan fingerprint density at radius 3 is 3.00 bits per heavy atom. The van der Waals surface area contributed by atoms with E-state index < -0.39 is 0 Å². The van der Waals surface area contributed by atoms with Crippen molar-refractivity contribution >= 4 is 43.5 Å². The first-order valence-electron chi connectivity index (χ1n) is 8.31. The van der Waals surface area contributed by atoms with Crippen LogP contribution < -0.4 is 5.32 Å². The molecule has 26 heavy (non-hydrogen) atoms. The van der Waals surface area contributed by atoms with Crippen LogP contribution in [0.3, 0.4) is 0 Å². The fraction of sp³-hybridized carbons (Fsp3) is 0.158. The lowest BCUT2D eigenvalue weighted by atomic mass is 9.97. The Bertz CT molecular complexity index is 1210. The second-order valence-electron chi connectivity index (χ2n) is 6.40. The van der Waals surface area contributed by atoms with Gasteiger partial charge in [0.15, 0.2) is 5.13 Å². The normalized spacial score (nSPS) is 13.8. The Kier molecular flexibility index (Phi) is 3.27. The Labute approximate surface area is 152 Å². The molecule has 5 rings (SSSR count). The minimum atomic E-state index is 0.0548. The van der Waals surface area contributed by atoms with Gasteiger partial charge >= 0.3 is 0 Å². The van der Waals surface area contributed by atoms with Gasteiger partial charge in [0.05, 0.1) is 33.6 Å². The van der Waals surface area contributed by atoms with Gasteiger partial charge in [-0.25, -0.2) is 4.98 Å². The number of fused-ring (bicyclic) bond motifs is 2. The van der Waals surface area contributed by atoms with Gasteiger partial charge in [-0.1, -0.05) is 17.4 Å². The van der Waals surface area contributed by atoms with Gasteiger partial charge in [-0.05, 0) is 42.7 Å². The maximum absolute atomic E-state index is 11.9. The lowest BCUT2D eigenvalue weighted by Crippen LogP contribution is -2.12. The van der Waals surface area contributed by atoms with E-state index in [1.165, 1.54) is 11.3 Å². The number of benzene rings is 2. The summed E-state index contributed by atoms with van der Waals surface area (Å²) >= 11 is 1.45. The summed E-state index contributed by atoms with van der Waals surface area (Å²) in [6, 6.07) is 11.8. The molecule has 0 spiro atoms. The van der Waals surface area contributed by atoms with E-state index in [0.29, 0.717) is 10.7 Å². The number of hydrogen-bond acceptors (Lipinski definition) is 5. The zero-order valence-corrected chi connectivity index (χ0v) is 14.4. The highest BCUT2D eigenvalue weighted by molar-refractivity contribution is 7.22. The molecule has 0 atom stereocenters. The topological polar surface area (TPSA) is 94.5 Å². The van der Waals surface area contributed by atoms with Gasteiger partial charge in [-0.15, -0.1) is 0 Å². The Morgan fingerprint density at radius 1 is 1.31 bits per heavy atom. The van der Waals surface area contributed by atoms with Gasteiger partial charge in [0.25, 0.3) is 0 Å². The SMILES string of the molecule is N#Cc1ccc2[nH]ncc2c1-c1ccc2nc(NC(=O)C3CC3)sc2c1. The zero-order valence-electron chi connectivity index (χ0n) is 13.6. The molecule has 7 heteroatoms. The average Bonchev–Trinajstić information content (AvgIpc) is 3.26. The molecule has 1 amide bonds. The molecule has 4 aromatic rings. The van der Waals surface area contributed by atoms with Crippen LogP contribution in [0.2, 0.25) is 0 Å². The molecular weight excluding hydrogens is 346 g/mol. The minimum absolute atomic E-state index is 0.0548. The summed E-state index contributed by atoms with van der Waals surface area (Å²) in [6.45, 7) is 0. The number of rotatable bonds is 3. The van der Waals surface area contributed by atoms with Gasteiger partial charge in [0, 0.05) is 16.9 Å². The molecule has 2 aromatic carbocycles. The van der Waals surface area contributed by atoms with Crippen LogP contribution in [0.15, 0.2) is 36.5 Å². The van der Waals surface area contributed by atoms with E-state index in [0.717, 1.165) is 45.1 Å². The fourth-order valence-electron chi connectivity index (χ4n) is 3.11. The van der Waals surface area contributed by atoms with E-state index in [1.807, 2.05) is 24.3 Å². The van der Waals surface area contributed by atoms with Crippen molar-refractivity contribution in [1.82, 2.24) is 15.2 Å². The third-order valence-electron chi connectivity index (χ3n) is 4.60. The molecule has 0 saturated heterocycles. The highest BCUT2D eigenvalue weighted by Gasteiger charge is 2.30. The molecule has 2 heterocycles. The van der Waals surface area contributed by atoms with E-state index in [-0.39, 0.29) is 11.8 Å². The number of H-pyrrole nitrogens is 1. The standard InChI is InChI=1S/C19H13N5OS/c20-8-12-4-5-14-13(9-21-24-14)17(12)11-3-6-15-16(7-11)26-19(22-15)23-18(25)10-1-2-10/h3-7,9-10H,1-2H2,(H,21,24)(H,22,23,25). The maximum atomic E-state index is 11.9. The average molecular weight is 359 g/mol. The summed E-state index contributed by atoms with van der Waals surface area (Å²) in [7, 11) is 0. The number of carbonyl (C=O) groups excluding carboxylic acids is 1. The first kappa shape index (κ1) is 15.0. The van der Waals surface area contributed by atoms with Gasteiger partial charge in [-0.3, -0.25) is 9.89 Å². The van der Waals surface area contributed by atoms with Crippen LogP contribution in [0.25, 0.3) is 32.2 Å². The van der Waals surface area contributed by atoms with Crippen molar-refractivity contribution < 1.29 is 4.79 Å². The molecule has 0 radical (unpaired) electrons. The minimum Gasteiger partial charge on any atom is -0.302 e. The number of aromatic amines is 1. The van der Waals surface area contributed by atoms with Crippen LogP contribution in [-0.4, -0.2) is 21.1 Å². The number of nitrogens with one attached hydrogen (secondary N) is 2. The van der Waals surface area contributed by atoms with E-state index in [9.17, 15) is 10.1 Å². The zero-order chi connectivity index (χ0) is 17.7. The molecule has 126 valence electrons. The fourth-order valence-corrected chi connectivity index (χ4v) is 4.02. The number of anilines is 1.